The standard InChI is InChI=1S/C15H13NO/c1-11-14(9-16)6-3-7-15(11)13-5-2-4-12(8-13)10-17/h2-8,17H,10H2,1H3. The Morgan fingerprint density at radius 3 is 2.65 bits per heavy atom. The van der Waals surface area contributed by atoms with E-state index in [0.717, 1.165) is 22.3 Å². The monoisotopic (exact) mass is 223 g/mol. The summed E-state index contributed by atoms with van der Waals surface area (Å²) in [6.07, 6.45) is 0. The van der Waals surface area contributed by atoms with Crippen LogP contribution in [0.15, 0.2) is 42.5 Å². The number of nitrogens with zero attached hydrogens (tertiary/aromatic N) is 1. The summed E-state index contributed by atoms with van der Waals surface area (Å²) in [6, 6.07) is 15.6. The van der Waals surface area contributed by atoms with E-state index in [9.17, 15) is 0 Å². The van der Waals surface area contributed by atoms with Crippen molar-refractivity contribution >= 4 is 0 Å². The lowest BCUT2D eigenvalue weighted by atomic mass is 9.96. The van der Waals surface area contributed by atoms with Gasteiger partial charge in [-0.3, -0.25) is 0 Å². The van der Waals surface area contributed by atoms with Crippen molar-refractivity contribution in [3.8, 4) is 17.2 Å². The van der Waals surface area contributed by atoms with Crippen molar-refractivity contribution in [2.45, 2.75) is 13.5 Å². The minimum Gasteiger partial charge on any atom is -0.392 e. The first-order valence-electron chi connectivity index (χ1n) is 5.46. The fraction of sp³-hybridized carbons (Fsp3) is 0.133. The average Bonchev–Trinajstić information content (AvgIpc) is 2.39. The highest BCUT2D eigenvalue weighted by Crippen LogP contribution is 2.26. The molecule has 0 fully saturated rings. The van der Waals surface area contributed by atoms with Crippen molar-refractivity contribution in [2.24, 2.45) is 0 Å². The maximum atomic E-state index is 9.13. The molecule has 2 aromatic rings. The van der Waals surface area contributed by atoms with Gasteiger partial charge < -0.3 is 5.11 Å². The van der Waals surface area contributed by atoms with Crippen LogP contribution in [-0.4, -0.2) is 5.11 Å². The smallest absolute Gasteiger partial charge is 0.0994 e. The van der Waals surface area contributed by atoms with Crippen molar-refractivity contribution in [3.05, 3.63) is 59.2 Å². The summed E-state index contributed by atoms with van der Waals surface area (Å²) in [5, 5.41) is 18.1. The van der Waals surface area contributed by atoms with Gasteiger partial charge in [0.05, 0.1) is 18.2 Å². The molecular weight excluding hydrogens is 210 g/mol. The normalized spacial score (nSPS) is 9.94. The topological polar surface area (TPSA) is 44.0 Å². The van der Waals surface area contributed by atoms with Gasteiger partial charge in [-0.05, 0) is 41.3 Å². The van der Waals surface area contributed by atoms with Crippen molar-refractivity contribution in [1.29, 1.82) is 5.26 Å². The molecular formula is C15H13NO. The molecule has 1 N–H and O–H groups in total. The molecule has 0 aliphatic rings. The van der Waals surface area contributed by atoms with Crippen molar-refractivity contribution in [3.63, 3.8) is 0 Å². The molecule has 0 aliphatic heterocycles. The number of benzene rings is 2. The lowest BCUT2D eigenvalue weighted by molar-refractivity contribution is 0.282. The Hall–Kier alpha value is -2.11. The van der Waals surface area contributed by atoms with Gasteiger partial charge in [0.15, 0.2) is 0 Å². The molecule has 0 atom stereocenters. The molecule has 2 aromatic carbocycles. The van der Waals surface area contributed by atoms with E-state index in [1.165, 1.54) is 0 Å². The van der Waals surface area contributed by atoms with Crippen LogP contribution in [0.25, 0.3) is 11.1 Å². The second kappa shape index (κ2) is 4.82. The number of aliphatic hydroxyl groups is 1. The molecule has 0 amide bonds. The highest BCUT2D eigenvalue weighted by Gasteiger charge is 2.05. The van der Waals surface area contributed by atoms with Crippen LogP contribution in [0.4, 0.5) is 0 Å². The third kappa shape index (κ3) is 2.20. The highest BCUT2D eigenvalue weighted by molar-refractivity contribution is 5.70. The molecule has 0 heterocycles. The van der Waals surface area contributed by atoms with Gasteiger partial charge in [-0.1, -0.05) is 30.3 Å². The minimum atomic E-state index is 0.0326. The zero-order valence-corrected chi connectivity index (χ0v) is 9.64. The average molecular weight is 223 g/mol. The van der Waals surface area contributed by atoms with E-state index >= 15 is 0 Å². The summed E-state index contributed by atoms with van der Waals surface area (Å²) in [5.74, 6) is 0. The first-order valence-corrected chi connectivity index (χ1v) is 5.46. The number of hydrogen-bond acceptors (Lipinski definition) is 2. The second-order valence-corrected chi connectivity index (χ2v) is 3.95. The Morgan fingerprint density at radius 1 is 1.18 bits per heavy atom. The third-order valence-electron chi connectivity index (χ3n) is 2.87. The fourth-order valence-electron chi connectivity index (χ4n) is 1.91. The molecule has 2 nitrogen and oxygen atoms in total. The number of hydrogen-bond donors (Lipinski definition) is 1. The minimum absolute atomic E-state index is 0.0326. The van der Waals surface area contributed by atoms with Crippen molar-refractivity contribution < 1.29 is 5.11 Å². The molecule has 0 unspecified atom stereocenters. The zero-order chi connectivity index (χ0) is 12.3. The Balaban J connectivity index is 2.57. The molecule has 0 aliphatic carbocycles. The van der Waals surface area contributed by atoms with Gasteiger partial charge in [0.1, 0.15) is 0 Å². The van der Waals surface area contributed by atoms with E-state index in [1.54, 1.807) is 0 Å². The predicted octanol–water partition coefficient (Wildman–Crippen LogP) is 3.03. The number of aliphatic hydroxyl groups excluding tert-OH is 1. The van der Waals surface area contributed by atoms with Gasteiger partial charge in [-0.2, -0.15) is 5.26 Å². The Kier molecular flexibility index (Phi) is 3.22. The molecule has 0 saturated heterocycles. The van der Waals surface area contributed by atoms with E-state index in [-0.39, 0.29) is 6.61 Å². The summed E-state index contributed by atoms with van der Waals surface area (Å²) in [5.41, 5.74) is 4.62. The summed E-state index contributed by atoms with van der Waals surface area (Å²) >= 11 is 0. The van der Waals surface area contributed by atoms with E-state index in [0.29, 0.717) is 5.56 Å². The number of nitriles is 1. The third-order valence-corrected chi connectivity index (χ3v) is 2.87. The van der Waals surface area contributed by atoms with Crippen LogP contribution >= 0.6 is 0 Å². The summed E-state index contributed by atoms with van der Waals surface area (Å²) < 4.78 is 0. The van der Waals surface area contributed by atoms with Crippen LogP contribution in [-0.2, 0) is 6.61 Å². The lowest BCUT2D eigenvalue weighted by Crippen LogP contribution is -1.89. The molecule has 84 valence electrons. The molecule has 2 heteroatoms. The Bertz CT molecular complexity index is 582. The van der Waals surface area contributed by atoms with Gasteiger partial charge in [-0.25, -0.2) is 0 Å². The maximum Gasteiger partial charge on any atom is 0.0994 e. The summed E-state index contributed by atoms with van der Waals surface area (Å²) in [4.78, 5) is 0. The molecule has 0 saturated carbocycles. The van der Waals surface area contributed by atoms with E-state index in [2.05, 4.69) is 6.07 Å². The molecule has 0 aromatic heterocycles. The lowest BCUT2D eigenvalue weighted by Gasteiger charge is -2.08. The van der Waals surface area contributed by atoms with Crippen LogP contribution in [0.5, 0.6) is 0 Å². The largest absolute Gasteiger partial charge is 0.392 e. The first-order chi connectivity index (χ1) is 8.26. The summed E-state index contributed by atoms with van der Waals surface area (Å²) in [6.45, 7) is 1.98. The first kappa shape index (κ1) is 11.4. The number of rotatable bonds is 2. The van der Waals surface area contributed by atoms with Gasteiger partial charge in [-0.15, -0.1) is 0 Å². The van der Waals surface area contributed by atoms with E-state index in [1.807, 2.05) is 49.4 Å². The van der Waals surface area contributed by atoms with Crippen LogP contribution in [0.1, 0.15) is 16.7 Å². The highest BCUT2D eigenvalue weighted by atomic mass is 16.3. The maximum absolute atomic E-state index is 9.13. The van der Waals surface area contributed by atoms with Crippen LogP contribution in [0.2, 0.25) is 0 Å². The predicted molar refractivity (Wildman–Crippen MR) is 67.3 cm³/mol. The van der Waals surface area contributed by atoms with E-state index in [4.69, 9.17) is 10.4 Å². The molecule has 2 rings (SSSR count). The van der Waals surface area contributed by atoms with E-state index < -0.39 is 0 Å². The van der Waals surface area contributed by atoms with Gasteiger partial charge >= 0.3 is 0 Å². The fourth-order valence-corrected chi connectivity index (χ4v) is 1.91. The molecule has 0 spiro atoms. The van der Waals surface area contributed by atoms with Crippen LogP contribution in [0.3, 0.4) is 0 Å². The Morgan fingerprint density at radius 2 is 1.94 bits per heavy atom. The quantitative estimate of drug-likeness (QED) is 0.850. The summed E-state index contributed by atoms with van der Waals surface area (Å²) in [7, 11) is 0. The van der Waals surface area contributed by atoms with Crippen molar-refractivity contribution in [2.75, 3.05) is 0 Å². The van der Waals surface area contributed by atoms with Gasteiger partial charge in [0.25, 0.3) is 0 Å². The molecule has 0 radical (unpaired) electrons. The Labute approximate surface area is 101 Å². The molecule has 0 bridgehead atoms. The zero-order valence-electron chi connectivity index (χ0n) is 9.64. The SMILES string of the molecule is Cc1c(C#N)cccc1-c1cccc(CO)c1. The van der Waals surface area contributed by atoms with Crippen LogP contribution < -0.4 is 0 Å². The van der Waals surface area contributed by atoms with Crippen LogP contribution in [0, 0.1) is 18.3 Å². The van der Waals surface area contributed by atoms with Gasteiger partial charge in [0.2, 0.25) is 0 Å². The second-order valence-electron chi connectivity index (χ2n) is 3.95. The van der Waals surface area contributed by atoms with Crippen molar-refractivity contribution in [1.82, 2.24) is 0 Å². The van der Waals surface area contributed by atoms with Gasteiger partial charge in [0, 0.05) is 0 Å². The molecule has 17 heavy (non-hydrogen) atoms.